The van der Waals surface area contributed by atoms with Crippen molar-refractivity contribution in [1.82, 2.24) is 4.90 Å². The average Bonchev–Trinajstić information content (AvgIpc) is 3.03. The summed E-state index contributed by atoms with van der Waals surface area (Å²) in [5.41, 5.74) is 5.79. The quantitative estimate of drug-likeness (QED) is 0.755. The molecule has 1 saturated carbocycles. The highest BCUT2D eigenvalue weighted by Crippen LogP contribution is 2.34. The van der Waals surface area contributed by atoms with Crippen molar-refractivity contribution in [3.05, 3.63) is 0 Å². The molecule has 0 aromatic heterocycles. The van der Waals surface area contributed by atoms with Crippen LogP contribution in [0.25, 0.3) is 0 Å². The topological polar surface area (TPSA) is 29.3 Å². The summed E-state index contributed by atoms with van der Waals surface area (Å²) in [6, 6.07) is 0.684. The molecular formula is C11H22N2S. The van der Waals surface area contributed by atoms with E-state index in [1.165, 1.54) is 50.9 Å². The van der Waals surface area contributed by atoms with Crippen LogP contribution in [0.15, 0.2) is 0 Å². The zero-order valence-electron chi connectivity index (χ0n) is 8.95. The van der Waals surface area contributed by atoms with Crippen LogP contribution in [0.3, 0.4) is 0 Å². The van der Waals surface area contributed by atoms with Crippen molar-refractivity contribution in [2.75, 3.05) is 25.4 Å². The summed E-state index contributed by atoms with van der Waals surface area (Å²) in [4.78, 5) is 2.61. The van der Waals surface area contributed by atoms with Crippen LogP contribution in [0.1, 0.15) is 32.1 Å². The van der Waals surface area contributed by atoms with Crippen molar-refractivity contribution in [1.29, 1.82) is 0 Å². The van der Waals surface area contributed by atoms with Gasteiger partial charge in [-0.1, -0.05) is 6.42 Å². The number of nitrogens with two attached hydrogens (primary N) is 1. The molecule has 2 N–H and O–H groups in total. The van der Waals surface area contributed by atoms with E-state index in [0.29, 0.717) is 6.04 Å². The Morgan fingerprint density at radius 1 is 1.21 bits per heavy atom. The van der Waals surface area contributed by atoms with Gasteiger partial charge in [-0.2, -0.15) is 11.8 Å². The maximum absolute atomic E-state index is 5.79. The standard InChI is InChI=1S/C11H22N2S/c12-9-10-3-1-2-6-13(10)7-8-14-11-4-5-11/h10-11H,1-9,12H2. The van der Waals surface area contributed by atoms with E-state index in [2.05, 4.69) is 16.7 Å². The second kappa shape index (κ2) is 5.38. The van der Waals surface area contributed by atoms with Gasteiger partial charge in [0.1, 0.15) is 0 Å². The lowest BCUT2D eigenvalue weighted by Crippen LogP contribution is -2.45. The van der Waals surface area contributed by atoms with Crippen LogP contribution in [0.5, 0.6) is 0 Å². The SMILES string of the molecule is NCC1CCCCN1CCSC1CC1. The third kappa shape index (κ3) is 3.14. The Morgan fingerprint density at radius 3 is 2.79 bits per heavy atom. The predicted octanol–water partition coefficient (Wildman–Crippen LogP) is 1.70. The highest BCUT2D eigenvalue weighted by atomic mass is 32.2. The fourth-order valence-corrected chi connectivity index (χ4v) is 3.34. The molecule has 2 nitrogen and oxygen atoms in total. The van der Waals surface area contributed by atoms with Crippen molar-refractivity contribution in [2.24, 2.45) is 5.73 Å². The summed E-state index contributed by atoms with van der Waals surface area (Å²) < 4.78 is 0. The fraction of sp³-hybridized carbons (Fsp3) is 1.00. The van der Waals surface area contributed by atoms with Gasteiger partial charge in [-0.05, 0) is 32.2 Å². The minimum Gasteiger partial charge on any atom is -0.329 e. The molecule has 0 aromatic carbocycles. The number of thioether (sulfide) groups is 1. The molecule has 3 heteroatoms. The Kier molecular flexibility index (Phi) is 4.14. The first-order valence-electron chi connectivity index (χ1n) is 5.96. The summed E-state index contributed by atoms with van der Waals surface area (Å²) >= 11 is 2.17. The summed E-state index contributed by atoms with van der Waals surface area (Å²) in [5, 5.41) is 1.01. The van der Waals surface area contributed by atoms with Crippen LogP contribution in [0, 0.1) is 0 Å². The molecule has 0 radical (unpaired) electrons. The monoisotopic (exact) mass is 214 g/mol. The summed E-state index contributed by atoms with van der Waals surface area (Å²) in [5.74, 6) is 1.32. The zero-order valence-corrected chi connectivity index (χ0v) is 9.77. The van der Waals surface area contributed by atoms with Gasteiger partial charge in [-0.25, -0.2) is 0 Å². The van der Waals surface area contributed by atoms with Crippen molar-refractivity contribution in [2.45, 2.75) is 43.4 Å². The third-order valence-electron chi connectivity index (χ3n) is 3.28. The van der Waals surface area contributed by atoms with Gasteiger partial charge in [0, 0.05) is 30.1 Å². The molecule has 1 aliphatic heterocycles. The van der Waals surface area contributed by atoms with E-state index in [1.807, 2.05) is 0 Å². The van der Waals surface area contributed by atoms with E-state index in [0.717, 1.165) is 11.8 Å². The summed E-state index contributed by atoms with van der Waals surface area (Å²) in [6.07, 6.45) is 7.01. The number of rotatable bonds is 5. The first-order chi connectivity index (χ1) is 6.90. The second-order valence-electron chi connectivity index (χ2n) is 4.49. The van der Waals surface area contributed by atoms with Gasteiger partial charge in [0.15, 0.2) is 0 Å². The molecule has 1 unspecified atom stereocenters. The van der Waals surface area contributed by atoms with Crippen LogP contribution < -0.4 is 5.73 Å². The van der Waals surface area contributed by atoms with Gasteiger partial charge in [0.25, 0.3) is 0 Å². The van der Waals surface area contributed by atoms with Crippen molar-refractivity contribution >= 4 is 11.8 Å². The maximum Gasteiger partial charge on any atom is 0.0218 e. The van der Waals surface area contributed by atoms with Crippen LogP contribution in [-0.2, 0) is 0 Å². The van der Waals surface area contributed by atoms with Gasteiger partial charge in [-0.15, -0.1) is 0 Å². The summed E-state index contributed by atoms with van der Waals surface area (Å²) in [7, 11) is 0. The highest BCUT2D eigenvalue weighted by Gasteiger charge is 2.24. The van der Waals surface area contributed by atoms with Gasteiger partial charge < -0.3 is 5.73 Å². The third-order valence-corrected chi connectivity index (χ3v) is 4.64. The molecule has 2 aliphatic rings. The Labute approximate surface area is 91.6 Å². The van der Waals surface area contributed by atoms with Crippen molar-refractivity contribution in [3.8, 4) is 0 Å². The molecule has 1 atom stereocenters. The van der Waals surface area contributed by atoms with E-state index in [9.17, 15) is 0 Å². The smallest absolute Gasteiger partial charge is 0.0218 e. The predicted molar refractivity (Wildman–Crippen MR) is 63.7 cm³/mol. The minimum atomic E-state index is 0.684. The summed E-state index contributed by atoms with van der Waals surface area (Å²) in [6.45, 7) is 3.41. The minimum absolute atomic E-state index is 0.684. The molecular weight excluding hydrogens is 192 g/mol. The highest BCUT2D eigenvalue weighted by molar-refractivity contribution is 8.00. The Hall–Kier alpha value is 0.270. The van der Waals surface area contributed by atoms with Crippen LogP contribution >= 0.6 is 11.8 Å². The second-order valence-corrected chi connectivity index (χ2v) is 5.90. The number of hydrogen-bond acceptors (Lipinski definition) is 3. The van der Waals surface area contributed by atoms with E-state index < -0.39 is 0 Å². The van der Waals surface area contributed by atoms with Gasteiger partial charge in [0.05, 0.1) is 0 Å². The fourth-order valence-electron chi connectivity index (χ4n) is 2.19. The van der Waals surface area contributed by atoms with Gasteiger partial charge >= 0.3 is 0 Å². The molecule has 0 aromatic rings. The average molecular weight is 214 g/mol. The normalized spacial score (nSPS) is 29.4. The molecule has 1 heterocycles. The Bertz CT molecular complexity index is 171. The molecule has 0 spiro atoms. The van der Waals surface area contributed by atoms with Gasteiger partial charge in [-0.3, -0.25) is 4.90 Å². The van der Waals surface area contributed by atoms with Gasteiger partial charge in [0.2, 0.25) is 0 Å². The van der Waals surface area contributed by atoms with E-state index in [1.54, 1.807) is 0 Å². The van der Waals surface area contributed by atoms with Crippen LogP contribution in [0.2, 0.25) is 0 Å². The Morgan fingerprint density at radius 2 is 2.07 bits per heavy atom. The zero-order chi connectivity index (χ0) is 9.80. The van der Waals surface area contributed by atoms with Crippen LogP contribution in [0.4, 0.5) is 0 Å². The molecule has 2 fully saturated rings. The van der Waals surface area contributed by atoms with Crippen molar-refractivity contribution < 1.29 is 0 Å². The Balaban J connectivity index is 1.64. The molecule has 82 valence electrons. The molecule has 1 saturated heterocycles. The number of likely N-dealkylation sites (tertiary alicyclic amines) is 1. The molecule has 0 bridgehead atoms. The molecule has 14 heavy (non-hydrogen) atoms. The lowest BCUT2D eigenvalue weighted by molar-refractivity contribution is 0.163. The number of hydrogen-bond donors (Lipinski definition) is 1. The largest absolute Gasteiger partial charge is 0.329 e. The van der Waals surface area contributed by atoms with Crippen molar-refractivity contribution in [3.63, 3.8) is 0 Å². The van der Waals surface area contributed by atoms with E-state index in [4.69, 9.17) is 5.73 Å². The molecule has 2 rings (SSSR count). The van der Waals surface area contributed by atoms with E-state index >= 15 is 0 Å². The maximum atomic E-state index is 5.79. The lowest BCUT2D eigenvalue weighted by Gasteiger charge is -2.34. The first-order valence-corrected chi connectivity index (χ1v) is 7.01. The molecule has 1 aliphatic carbocycles. The van der Waals surface area contributed by atoms with E-state index in [-0.39, 0.29) is 0 Å². The lowest BCUT2D eigenvalue weighted by atomic mass is 10.0. The molecule has 0 amide bonds. The first kappa shape index (κ1) is 10.8. The van der Waals surface area contributed by atoms with Crippen LogP contribution in [-0.4, -0.2) is 41.6 Å². The number of nitrogens with zero attached hydrogens (tertiary/aromatic N) is 1. The number of piperidine rings is 1.